The molecule has 1 atom stereocenters. The molecule has 0 aliphatic carbocycles. The number of alkyl halides is 3. The van der Waals surface area contributed by atoms with Crippen LogP contribution >= 0.6 is 11.6 Å². The molecular weight excluding hydrogens is 515 g/mol. The van der Waals surface area contributed by atoms with E-state index in [2.05, 4.69) is 5.10 Å². The van der Waals surface area contributed by atoms with Crippen LogP contribution in [0.15, 0.2) is 78.9 Å². The van der Waals surface area contributed by atoms with Crippen LogP contribution in [0.5, 0.6) is 5.75 Å². The Morgan fingerprint density at radius 2 is 1.76 bits per heavy atom. The van der Waals surface area contributed by atoms with E-state index < -0.39 is 11.9 Å². The molecule has 1 aromatic heterocycles. The normalized spacial score (nSPS) is 15.6. The number of para-hydroxylation sites is 1. The lowest BCUT2D eigenvalue weighted by molar-refractivity contribution is -0.141. The molecular formula is C29H25ClF3N3O2. The predicted octanol–water partition coefficient (Wildman–Crippen LogP) is 7.59. The van der Waals surface area contributed by atoms with E-state index in [-0.39, 0.29) is 22.7 Å². The minimum absolute atomic E-state index is 0.0474. The second-order valence-electron chi connectivity index (χ2n) is 9.01. The summed E-state index contributed by atoms with van der Waals surface area (Å²) in [6, 6.07) is 21.9. The third kappa shape index (κ3) is 5.13. The van der Waals surface area contributed by atoms with Gasteiger partial charge in [-0.1, -0.05) is 48.0 Å². The average Bonchev–Trinajstić information content (AvgIpc) is 3.58. The molecule has 3 aromatic carbocycles. The molecule has 1 aliphatic rings. The van der Waals surface area contributed by atoms with Gasteiger partial charge in [0.25, 0.3) is 5.91 Å². The van der Waals surface area contributed by atoms with Crippen molar-refractivity contribution < 1.29 is 22.7 Å². The summed E-state index contributed by atoms with van der Waals surface area (Å²) in [5.74, 6) is 0.663. The quantitative estimate of drug-likeness (QED) is 0.254. The molecule has 0 bridgehead atoms. The van der Waals surface area contributed by atoms with Crippen molar-refractivity contribution in [2.75, 3.05) is 13.2 Å². The fourth-order valence-corrected chi connectivity index (χ4v) is 5.01. The highest BCUT2D eigenvalue weighted by Gasteiger charge is 2.36. The predicted molar refractivity (Wildman–Crippen MR) is 140 cm³/mol. The van der Waals surface area contributed by atoms with Gasteiger partial charge in [0.15, 0.2) is 5.69 Å². The molecule has 9 heteroatoms. The fourth-order valence-electron chi connectivity index (χ4n) is 4.79. The summed E-state index contributed by atoms with van der Waals surface area (Å²) in [6.45, 7) is 3.14. The third-order valence-electron chi connectivity index (χ3n) is 6.60. The summed E-state index contributed by atoms with van der Waals surface area (Å²) in [5, 5.41) is 4.06. The largest absolute Gasteiger partial charge is 0.494 e. The van der Waals surface area contributed by atoms with Gasteiger partial charge in [0.1, 0.15) is 5.75 Å². The standard InChI is InChI=1S/C29H25ClF3N3O2/c1-2-38-22-15-13-19(14-16-22)24-8-5-17-35(24)28(37)21-11-9-20(10-12-21)26-18-27(29(31,32)33)34-36(26)25-7-4-3-6-23(25)30/h3-4,6-7,9-16,18,24H,2,5,8,17H2,1H3. The molecule has 1 saturated heterocycles. The number of likely N-dealkylation sites (tertiary alicyclic amines) is 1. The number of ether oxygens (including phenoxy) is 1. The lowest BCUT2D eigenvalue weighted by Crippen LogP contribution is -2.30. The number of nitrogens with zero attached hydrogens (tertiary/aromatic N) is 3. The summed E-state index contributed by atoms with van der Waals surface area (Å²) < 4.78 is 47.3. The van der Waals surface area contributed by atoms with E-state index >= 15 is 0 Å². The molecule has 2 heterocycles. The highest BCUT2D eigenvalue weighted by atomic mass is 35.5. The zero-order valence-electron chi connectivity index (χ0n) is 20.6. The fraction of sp³-hybridized carbons (Fsp3) is 0.241. The molecule has 0 saturated carbocycles. The van der Waals surface area contributed by atoms with Crippen LogP contribution in [-0.4, -0.2) is 33.7 Å². The Balaban J connectivity index is 1.43. The van der Waals surface area contributed by atoms with E-state index in [0.717, 1.165) is 30.2 Å². The summed E-state index contributed by atoms with van der Waals surface area (Å²) in [6.07, 6.45) is -2.88. The highest BCUT2D eigenvalue weighted by Crippen LogP contribution is 2.36. The van der Waals surface area contributed by atoms with Gasteiger partial charge in [-0.25, -0.2) is 4.68 Å². The van der Waals surface area contributed by atoms with Crippen LogP contribution in [0.3, 0.4) is 0 Å². The molecule has 4 aromatic rings. The Bertz CT molecular complexity index is 1430. The van der Waals surface area contributed by atoms with Gasteiger partial charge in [-0.3, -0.25) is 4.79 Å². The molecule has 1 aliphatic heterocycles. The molecule has 0 spiro atoms. The number of rotatable bonds is 6. The van der Waals surface area contributed by atoms with Gasteiger partial charge >= 0.3 is 6.18 Å². The van der Waals surface area contributed by atoms with E-state index in [1.54, 1.807) is 48.5 Å². The Kier molecular flexibility index (Phi) is 7.17. The van der Waals surface area contributed by atoms with Crippen molar-refractivity contribution in [3.63, 3.8) is 0 Å². The molecule has 38 heavy (non-hydrogen) atoms. The van der Waals surface area contributed by atoms with Crippen LogP contribution in [0.2, 0.25) is 5.02 Å². The van der Waals surface area contributed by atoms with Gasteiger partial charge in [0.2, 0.25) is 0 Å². The Morgan fingerprint density at radius 3 is 2.42 bits per heavy atom. The van der Waals surface area contributed by atoms with Crippen LogP contribution in [0, 0.1) is 0 Å². The number of hydrogen-bond acceptors (Lipinski definition) is 3. The lowest BCUT2D eigenvalue weighted by Gasteiger charge is -2.25. The summed E-state index contributed by atoms with van der Waals surface area (Å²) in [5.41, 5.74) is 1.51. The van der Waals surface area contributed by atoms with Gasteiger partial charge < -0.3 is 9.64 Å². The number of halogens is 4. The van der Waals surface area contributed by atoms with Gasteiger partial charge in [-0.2, -0.15) is 18.3 Å². The van der Waals surface area contributed by atoms with E-state index in [1.807, 2.05) is 36.1 Å². The van der Waals surface area contributed by atoms with Crippen LogP contribution in [0.25, 0.3) is 16.9 Å². The molecule has 1 amide bonds. The molecule has 196 valence electrons. The van der Waals surface area contributed by atoms with Crippen molar-refractivity contribution in [1.82, 2.24) is 14.7 Å². The number of hydrogen-bond donors (Lipinski definition) is 0. The monoisotopic (exact) mass is 539 g/mol. The Labute approximate surface area is 223 Å². The van der Waals surface area contributed by atoms with Crippen LogP contribution < -0.4 is 4.74 Å². The number of benzene rings is 3. The minimum Gasteiger partial charge on any atom is -0.494 e. The van der Waals surface area contributed by atoms with E-state index in [1.165, 1.54) is 4.68 Å². The molecule has 0 radical (unpaired) electrons. The maximum Gasteiger partial charge on any atom is 0.435 e. The first-order valence-electron chi connectivity index (χ1n) is 12.3. The topological polar surface area (TPSA) is 47.4 Å². The Morgan fingerprint density at radius 1 is 1.05 bits per heavy atom. The second-order valence-corrected chi connectivity index (χ2v) is 9.42. The summed E-state index contributed by atoms with van der Waals surface area (Å²) >= 11 is 6.27. The first-order valence-corrected chi connectivity index (χ1v) is 12.7. The van der Waals surface area contributed by atoms with E-state index in [4.69, 9.17) is 16.3 Å². The third-order valence-corrected chi connectivity index (χ3v) is 6.92. The van der Waals surface area contributed by atoms with Crippen LogP contribution in [-0.2, 0) is 6.18 Å². The highest BCUT2D eigenvalue weighted by molar-refractivity contribution is 6.32. The van der Waals surface area contributed by atoms with Crippen molar-refractivity contribution in [2.45, 2.75) is 32.0 Å². The van der Waals surface area contributed by atoms with E-state index in [9.17, 15) is 18.0 Å². The zero-order valence-corrected chi connectivity index (χ0v) is 21.3. The van der Waals surface area contributed by atoms with Gasteiger partial charge in [-0.05, 0) is 67.8 Å². The smallest absolute Gasteiger partial charge is 0.435 e. The first-order chi connectivity index (χ1) is 18.3. The van der Waals surface area contributed by atoms with Gasteiger partial charge in [-0.15, -0.1) is 0 Å². The Hall–Kier alpha value is -3.78. The maximum atomic E-state index is 13.5. The minimum atomic E-state index is -4.62. The molecule has 0 N–H and O–H groups in total. The number of amides is 1. The van der Waals surface area contributed by atoms with Crippen molar-refractivity contribution in [2.24, 2.45) is 0 Å². The maximum absolute atomic E-state index is 13.5. The SMILES string of the molecule is CCOc1ccc(C2CCCN2C(=O)c2ccc(-c3cc(C(F)(F)F)nn3-c3ccccc3Cl)cc2)cc1. The zero-order chi connectivity index (χ0) is 26.9. The van der Waals surface area contributed by atoms with Crippen molar-refractivity contribution >= 4 is 17.5 Å². The lowest BCUT2D eigenvalue weighted by atomic mass is 10.0. The van der Waals surface area contributed by atoms with Crippen molar-refractivity contribution in [3.05, 3.63) is 101 Å². The van der Waals surface area contributed by atoms with Crippen molar-refractivity contribution in [3.8, 4) is 22.7 Å². The summed E-state index contributed by atoms with van der Waals surface area (Å²) in [4.78, 5) is 15.3. The molecule has 5 rings (SSSR count). The van der Waals surface area contributed by atoms with Crippen molar-refractivity contribution in [1.29, 1.82) is 0 Å². The number of carbonyl (C=O) groups excluding carboxylic acids is 1. The number of carbonyl (C=O) groups is 1. The van der Waals surface area contributed by atoms with Gasteiger partial charge in [0, 0.05) is 17.7 Å². The molecule has 1 fully saturated rings. The van der Waals surface area contributed by atoms with Crippen LogP contribution in [0.4, 0.5) is 13.2 Å². The average molecular weight is 540 g/mol. The van der Waals surface area contributed by atoms with E-state index in [0.29, 0.717) is 30.0 Å². The summed E-state index contributed by atoms with van der Waals surface area (Å²) in [7, 11) is 0. The molecule has 1 unspecified atom stereocenters. The number of aromatic nitrogens is 2. The molecule has 5 nitrogen and oxygen atoms in total. The van der Waals surface area contributed by atoms with Crippen LogP contribution in [0.1, 0.15) is 47.4 Å². The first kappa shape index (κ1) is 25.9. The second kappa shape index (κ2) is 10.5. The van der Waals surface area contributed by atoms with Gasteiger partial charge in [0.05, 0.1) is 29.1 Å².